The summed E-state index contributed by atoms with van der Waals surface area (Å²) in [5.74, 6) is 0. The van der Waals surface area contributed by atoms with E-state index in [0.29, 0.717) is 19.6 Å². The van der Waals surface area contributed by atoms with E-state index in [4.69, 9.17) is 4.74 Å². The zero-order chi connectivity index (χ0) is 11.3. The Kier molecular flexibility index (Phi) is 4.19. The van der Waals surface area contributed by atoms with E-state index in [2.05, 4.69) is 10.1 Å². The van der Waals surface area contributed by atoms with Gasteiger partial charge in [-0.1, -0.05) is 0 Å². The van der Waals surface area contributed by atoms with Crippen LogP contribution in [0.15, 0.2) is 0 Å². The highest BCUT2D eigenvalue weighted by Gasteiger charge is 2.30. The summed E-state index contributed by atoms with van der Waals surface area (Å²) < 4.78 is 44.0. The molecule has 1 unspecified atom stereocenters. The number of alkyl halides is 3. The van der Waals surface area contributed by atoms with E-state index in [1.165, 1.54) is 0 Å². The predicted molar refractivity (Wildman–Crippen MR) is 44.4 cm³/mol. The first-order valence-corrected chi connectivity index (χ1v) is 4.55. The number of alkyl carbamates (subject to hydrolysis) is 1. The van der Waals surface area contributed by atoms with Crippen LogP contribution >= 0.6 is 0 Å². The Morgan fingerprint density at radius 1 is 1.53 bits per heavy atom. The Balaban J connectivity index is 2.17. The zero-order valence-electron chi connectivity index (χ0n) is 7.97. The van der Waals surface area contributed by atoms with Crippen molar-refractivity contribution in [3.63, 3.8) is 0 Å². The maximum atomic E-state index is 11.7. The summed E-state index contributed by atoms with van der Waals surface area (Å²) in [6.07, 6.45) is -4.06. The number of amides is 1. The summed E-state index contributed by atoms with van der Waals surface area (Å²) >= 11 is 0. The Bertz CT molecular complexity index is 214. The minimum atomic E-state index is -4.49. The fourth-order valence-corrected chi connectivity index (χ4v) is 1.21. The van der Waals surface area contributed by atoms with Crippen molar-refractivity contribution in [1.82, 2.24) is 5.32 Å². The van der Waals surface area contributed by atoms with Crippen LogP contribution in [-0.2, 0) is 9.47 Å². The van der Waals surface area contributed by atoms with Gasteiger partial charge in [0.15, 0.2) is 6.61 Å². The van der Waals surface area contributed by atoms with Crippen LogP contribution in [0.4, 0.5) is 18.0 Å². The number of nitrogens with one attached hydrogen (secondary N) is 1. The number of halogens is 3. The van der Waals surface area contributed by atoms with Crippen molar-refractivity contribution in [2.75, 3.05) is 19.8 Å². The molecule has 0 bridgehead atoms. The van der Waals surface area contributed by atoms with E-state index in [9.17, 15) is 18.0 Å². The second-order valence-corrected chi connectivity index (χ2v) is 3.25. The molecule has 1 aliphatic rings. The lowest BCUT2D eigenvalue weighted by Gasteiger charge is -2.22. The molecule has 0 aromatic carbocycles. The molecule has 15 heavy (non-hydrogen) atoms. The fourth-order valence-electron chi connectivity index (χ4n) is 1.21. The molecule has 0 saturated carbocycles. The van der Waals surface area contributed by atoms with Gasteiger partial charge >= 0.3 is 12.3 Å². The molecule has 1 N–H and O–H groups in total. The van der Waals surface area contributed by atoms with Crippen LogP contribution in [-0.4, -0.2) is 38.1 Å². The van der Waals surface area contributed by atoms with Crippen LogP contribution in [0.25, 0.3) is 0 Å². The first kappa shape index (κ1) is 12.1. The van der Waals surface area contributed by atoms with E-state index in [0.717, 1.165) is 6.42 Å². The van der Waals surface area contributed by atoms with Gasteiger partial charge in [-0.15, -0.1) is 0 Å². The highest BCUT2D eigenvalue weighted by molar-refractivity contribution is 5.67. The van der Waals surface area contributed by atoms with E-state index >= 15 is 0 Å². The summed E-state index contributed by atoms with van der Waals surface area (Å²) in [6, 6.07) is -0.250. The van der Waals surface area contributed by atoms with Crippen LogP contribution in [0.5, 0.6) is 0 Å². The highest BCUT2D eigenvalue weighted by atomic mass is 19.4. The number of ether oxygens (including phenoxy) is 2. The first-order valence-electron chi connectivity index (χ1n) is 4.55. The smallest absolute Gasteiger partial charge is 0.422 e. The number of hydrogen-bond donors (Lipinski definition) is 1. The Hall–Kier alpha value is -0.980. The molecule has 0 aromatic rings. The first-order chi connectivity index (χ1) is 6.97. The van der Waals surface area contributed by atoms with Crippen molar-refractivity contribution in [2.45, 2.75) is 25.1 Å². The van der Waals surface area contributed by atoms with Gasteiger partial charge in [-0.3, -0.25) is 0 Å². The van der Waals surface area contributed by atoms with Gasteiger partial charge in [-0.25, -0.2) is 4.79 Å². The van der Waals surface area contributed by atoms with Gasteiger partial charge in [0.2, 0.25) is 0 Å². The maximum Gasteiger partial charge on any atom is 0.422 e. The van der Waals surface area contributed by atoms with Gasteiger partial charge in [0.05, 0.1) is 12.6 Å². The molecule has 88 valence electrons. The van der Waals surface area contributed by atoms with E-state index in [1.807, 2.05) is 0 Å². The minimum absolute atomic E-state index is 0.250. The summed E-state index contributed by atoms with van der Waals surface area (Å²) in [7, 11) is 0. The average molecular weight is 227 g/mol. The summed E-state index contributed by atoms with van der Waals surface area (Å²) in [5.41, 5.74) is 0. The van der Waals surface area contributed by atoms with Gasteiger partial charge < -0.3 is 14.8 Å². The van der Waals surface area contributed by atoms with Gasteiger partial charge in [-0.05, 0) is 12.8 Å². The van der Waals surface area contributed by atoms with E-state index < -0.39 is 18.9 Å². The lowest BCUT2D eigenvalue weighted by molar-refractivity contribution is -0.160. The number of hydrogen-bond acceptors (Lipinski definition) is 3. The molecule has 1 saturated heterocycles. The standard InChI is InChI=1S/C8H12F3NO3/c9-8(10,11)5-15-7(13)12-6-2-1-3-14-4-6/h6H,1-5H2,(H,12,13). The maximum absolute atomic E-state index is 11.7. The summed E-state index contributed by atoms with van der Waals surface area (Å²) in [6.45, 7) is -0.622. The third-order valence-corrected chi connectivity index (χ3v) is 1.85. The molecule has 0 radical (unpaired) electrons. The molecule has 1 amide bonds. The van der Waals surface area contributed by atoms with E-state index in [1.54, 1.807) is 0 Å². The number of rotatable bonds is 2. The molecule has 0 aliphatic carbocycles. The second-order valence-electron chi connectivity index (χ2n) is 3.25. The van der Waals surface area contributed by atoms with Crippen LogP contribution in [0, 0.1) is 0 Å². The van der Waals surface area contributed by atoms with Crippen molar-refractivity contribution in [3.05, 3.63) is 0 Å². The number of carbonyl (C=O) groups is 1. The van der Waals surface area contributed by atoms with Crippen molar-refractivity contribution in [2.24, 2.45) is 0 Å². The largest absolute Gasteiger partial charge is 0.440 e. The fraction of sp³-hybridized carbons (Fsp3) is 0.875. The van der Waals surface area contributed by atoms with Gasteiger partial charge in [0.1, 0.15) is 0 Å². The van der Waals surface area contributed by atoms with Gasteiger partial charge in [0.25, 0.3) is 0 Å². The lowest BCUT2D eigenvalue weighted by Crippen LogP contribution is -2.41. The normalized spacial score (nSPS) is 22.2. The molecule has 1 aliphatic heterocycles. The number of carbonyl (C=O) groups excluding carboxylic acids is 1. The molecule has 4 nitrogen and oxygen atoms in total. The SMILES string of the molecule is O=C(NC1CCCOC1)OCC(F)(F)F. The summed E-state index contributed by atoms with van der Waals surface area (Å²) in [4.78, 5) is 10.9. The van der Waals surface area contributed by atoms with Crippen LogP contribution < -0.4 is 5.32 Å². The van der Waals surface area contributed by atoms with Crippen LogP contribution in [0.3, 0.4) is 0 Å². The van der Waals surface area contributed by atoms with Crippen LogP contribution in [0.1, 0.15) is 12.8 Å². The lowest BCUT2D eigenvalue weighted by atomic mass is 10.1. The summed E-state index contributed by atoms with van der Waals surface area (Å²) in [5, 5.41) is 2.31. The second kappa shape index (κ2) is 5.20. The molecular formula is C8H12F3NO3. The molecule has 0 aromatic heterocycles. The molecule has 1 fully saturated rings. The van der Waals surface area contributed by atoms with Crippen molar-refractivity contribution in [1.29, 1.82) is 0 Å². The van der Waals surface area contributed by atoms with Gasteiger partial charge in [-0.2, -0.15) is 13.2 Å². The molecule has 7 heteroatoms. The van der Waals surface area contributed by atoms with Crippen molar-refractivity contribution >= 4 is 6.09 Å². The van der Waals surface area contributed by atoms with Crippen molar-refractivity contribution in [3.8, 4) is 0 Å². The Morgan fingerprint density at radius 3 is 2.80 bits per heavy atom. The van der Waals surface area contributed by atoms with Gasteiger partial charge in [0, 0.05) is 6.61 Å². The minimum Gasteiger partial charge on any atom is -0.440 e. The highest BCUT2D eigenvalue weighted by Crippen LogP contribution is 2.14. The predicted octanol–water partition coefficient (Wildman–Crippen LogP) is 1.45. The third-order valence-electron chi connectivity index (χ3n) is 1.85. The Morgan fingerprint density at radius 2 is 2.27 bits per heavy atom. The Labute approximate surface area is 84.7 Å². The third kappa shape index (κ3) is 5.46. The monoisotopic (exact) mass is 227 g/mol. The molecular weight excluding hydrogens is 215 g/mol. The molecule has 1 rings (SSSR count). The quantitative estimate of drug-likeness (QED) is 0.776. The average Bonchev–Trinajstić information content (AvgIpc) is 2.15. The van der Waals surface area contributed by atoms with E-state index in [-0.39, 0.29) is 6.04 Å². The molecule has 1 heterocycles. The van der Waals surface area contributed by atoms with Crippen LogP contribution in [0.2, 0.25) is 0 Å². The zero-order valence-corrected chi connectivity index (χ0v) is 7.97. The molecule has 0 spiro atoms. The topological polar surface area (TPSA) is 47.6 Å². The molecule has 1 atom stereocenters. The van der Waals surface area contributed by atoms with Crippen molar-refractivity contribution < 1.29 is 27.4 Å².